The van der Waals surface area contributed by atoms with Crippen molar-refractivity contribution in [3.63, 3.8) is 0 Å². The monoisotopic (exact) mass is 251 g/mol. The fourth-order valence-electron chi connectivity index (χ4n) is 2.13. The van der Waals surface area contributed by atoms with Crippen molar-refractivity contribution >= 4 is 5.91 Å². The summed E-state index contributed by atoms with van der Waals surface area (Å²) in [7, 11) is 1.60. The van der Waals surface area contributed by atoms with Gasteiger partial charge in [-0.05, 0) is 19.1 Å². The standard InChI is InChI=1S/C12H17N3O3/c1-7-3-4-8(11(17)14-7)12(18)15(2)9-5-13-6-10(9)16/h3-4,9-10,13,16H,5-6H2,1-2H3,(H,14,17)/t9-,10-/m1/s1. The zero-order valence-electron chi connectivity index (χ0n) is 10.4. The van der Waals surface area contributed by atoms with Gasteiger partial charge in [0.15, 0.2) is 0 Å². The Morgan fingerprint density at radius 1 is 1.44 bits per heavy atom. The van der Waals surface area contributed by atoms with Gasteiger partial charge < -0.3 is 20.3 Å². The fraction of sp³-hybridized carbons (Fsp3) is 0.500. The second-order valence-electron chi connectivity index (χ2n) is 4.59. The molecular weight excluding hydrogens is 234 g/mol. The van der Waals surface area contributed by atoms with Crippen molar-refractivity contribution in [2.75, 3.05) is 20.1 Å². The summed E-state index contributed by atoms with van der Waals surface area (Å²) in [4.78, 5) is 27.9. The Hall–Kier alpha value is -1.66. The molecule has 0 radical (unpaired) electrons. The number of carbonyl (C=O) groups is 1. The van der Waals surface area contributed by atoms with Crippen LogP contribution in [0.2, 0.25) is 0 Å². The molecule has 1 fully saturated rings. The average Bonchev–Trinajstić information content (AvgIpc) is 2.74. The van der Waals surface area contributed by atoms with Gasteiger partial charge in [0.05, 0.1) is 12.1 Å². The van der Waals surface area contributed by atoms with Crippen molar-refractivity contribution in [1.29, 1.82) is 0 Å². The van der Waals surface area contributed by atoms with Crippen LogP contribution in [0.1, 0.15) is 16.1 Å². The lowest BCUT2D eigenvalue weighted by Crippen LogP contribution is -2.45. The van der Waals surface area contributed by atoms with E-state index in [0.717, 1.165) is 0 Å². The molecule has 1 aromatic heterocycles. The Labute approximate surface area is 105 Å². The van der Waals surface area contributed by atoms with Crippen LogP contribution in [0.15, 0.2) is 16.9 Å². The van der Waals surface area contributed by atoms with Crippen molar-refractivity contribution in [1.82, 2.24) is 15.2 Å². The topological polar surface area (TPSA) is 85.4 Å². The fourth-order valence-corrected chi connectivity index (χ4v) is 2.13. The number of likely N-dealkylation sites (N-methyl/N-ethyl adjacent to an activating group) is 1. The molecular formula is C12H17N3O3. The molecule has 0 bridgehead atoms. The van der Waals surface area contributed by atoms with E-state index in [1.807, 2.05) is 0 Å². The normalized spacial score (nSPS) is 23.1. The van der Waals surface area contributed by atoms with Gasteiger partial charge in [0.1, 0.15) is 5.56 Å². The first-order chi connectivity index (χ1) is 8.50. The SMILES string of the molecule is Cc1ccc(C(=O)N(C)[C@@H]2CNC[C@H]2O)c(=O)[nH]1. The van der Waals surface area contributed by atoms with Crippen LogP contribution in [-0.2, 0) is 0 Å². The number of amides is 1. The number of aliphatic hydroxyl groups excluding tert-OH is 1. The molecule has 0 saturated carbocycles. The number of aryl methyl sites for hydroxylation is 1. The molecule has 0 unspecified atom stereocenters. The molecule has 0 spiro atoms. The molecule has 1 amide bonds. The molecule has 1 aliphatic heterocycles. The number of aliphatic hydroxyl groups is 1. The predicted molar refractivity (Wildman–Crippen MR) is 66.6 cm³/mol. The number of H-pyrrole nitrogens is 1. The summed E-state index contributed by atoms with van der Waals surface area (Å²) < 4.78 is 0. The predicted octanol–water partition coefficient (Wildman–Crippen LogP) is -0.912. The minimum Gasteiger partial charge on any atom is -0.390 e. The van der Waals surface area contributed by atoms with E-state index in [-0.39, 0.29) is 17.5 Å². The van der Waals surface area contributed by atoms with Crippen LogP contribution in [-0.4, -0.2) is 53.2 Å². The van der Waals surface area contributed by atoms with E-state index < -0.39 is 11.7 Å². The summed E-state index contributed by atoms with van der Waals surface area (Å²) >= 11 is 0. The molecule has 1 aliphatic rings. The third kappa shape index (κ3) is 2.30. The van der Waals surface area contributed by atoms with Crippen LogP contribution >= 0.6 is 0 Å². The van der Waals surface area contributed by atoms with Crippen molar-refractivity contribution in [3.8, 4) is 0 Å². The molecule has 2 atom stereocenters. The average molecular weight is 251 g/mol. The number of nitrogens with zero attached hydrogens (tertiary/aromatic N) is 1. The number of carbonyl (C=O) groups excluding carboxylic acids is 1. The van der Waals surface area contributed by atoms with Crippen LogP contribution in [0.5, 0.6) is 0 Å². The van der Waals surface area contributed by atoms with Crippen molar-refractivity contribution in [2.24, 2.45) is 0 Å². The molecule has 6 nitrogen and oxygen atoms in total. The molecule has 3 N–H and O–H groups in total. The summed E-state index contributed by atoms with van der Waals surface area (Å²) in [5.74, 6) is -0.371. The summed E-state index contributed by atoms with van der Waals surface area (Å²) in [6, 6.07) is 2.91. The molecule has 0 aliphatic carbocycles. The molecule has 98 valence electrons. The highest BCUT2D eigenvalue weighted by Gasteiger charge is 2.32. The lowest BCUT2D eigenvalue weighted by molar-refractivity contribution is 0.0579. The highest BCUT2D eigenvalue weighted by molar-refractivity contribution is 5.94. The first-order valence-corrected chi connectivity index (χ1v) is 5.86. The Balaban J connectivity index is 2.23. The molecule has 1 aromatic rings. The van der Waals surface area contributed by atoms with Gasteiger partial charge in [-0.2, -0.15) is 0 Å². The van der Waals surface area contributed by atoms with Gasteiger partial charge in [-0.3, -0.25) is 9.59 Å². The van der Waals surface area contributed by atoms with E-state index in [1.54, 1.807) is 20.0 Å². The lowest BCUT2D eigenvalue weighted by Gasteiger charge is -2.26. The Kier molecular flexibility index (Phi) is 3.49. The number of aromatic nitrogens is 1. The van der Waals surface area contributed by atoms with E-state index in [4.69, 9.17) is 0 Å². The number of hydrogen-bond donors (Lipinski definition) is 3. The maximum Gasteiger partial charge on any atom is 0.260 e. The minimum absolute atomic E-state index is 0.0993. The lowest BCUT2D eigenvalue weighted by atomic mass is 10.1. The zero-order chi connectivity index (χ0) is 13.3. The minimum atomic E-state index is -0.594. The summed E-state index contributed by atoms with van der Waals surface area (Å²) in [6.07, 6.45) is -0.594. The van der Waals surface area contributed by atoms with Gasteiger partial charge in [0, 0.05) is 25.8 Å². The number of hydrogen-bond acceptors (Lipinski definition) is 4. The van der Waals surface area contributed by atoms with Gasteiger partial charge in [0.2, 0.25) is 0 Å². The number of rotatable bonds is 2. The third-order valence-corrected chi connectivity index (χ3v) is 3.25. The summed E-state index contributed by atoms with van der Waals surface area (Å²) in [5, 5.41) is 12.7. The summed E-state index contributed by atoms with van der Waals surface area (Å²) in [6.45, 7) is 2.75. The van der Waals surface area contributed by atoms with E-state index in [1.165, 1.54) is 11.0 Å². The van der Waals surface area contributed by atoms with E-state index in [0.29, 0.717) is 18.8 Å². The molecule has 0 aromatic carbocycles. The number of pyridine rings is 1. The van der Waals surface area contributed by atoms with Crippen LogP contribution < -0.4 is 10.9 Å². The number of nitrogens with one attached hydrogen (secondary N) is 2. The smallest absolute Gasteiger partial charge is 0.260 e. The van der Waals surface area contributed by atoms with Crippen molar-refractivity contribution < 1.29 is 9.90 Å². The molecule has 6 heteroatoms. The molecule has 18 heavy (non-hydrogen) atoms. The molecule has 1 saturated heterocycles. The molecule has 2 rings (SSSR count). The van der Waals surface area contributed by atoms with Gasteiger partial charge in [-0.25, -0.2) is 0 Å². The van der Waals surface area contributed by atoms with Gasteiger partial charge in [0.25, 0.3) is 11.5 Å². The van der Waals surface area contributed by atoms with E-state index in [9.17, 15) is 14.7 Å². The van der Waals surface area contributed by atoms with E-state index >= 15 is 0 Å². The third-order valence-electron chi connectivity index (χ3n) is 3.25. The van der Waals surface area contributed by atoms with Crippen LogP contribution in [0.25, 0.3) is 0 Å². The highest BCUT2D eigenvalue weighted by atomic mass is 16.3. The highest BCUT2D eigenvalue weighted by Crippen LogP contribution is 2.10. The first-order valence-electron chi connectivity index (χ1n) is 5.86. The Morgan fingerprint density at radius 3 is 2.72 bits per heavy atom. The Morgan fingerprint density at radius 2 is 2.17 bits per heavy atom. The van der Waals surface area contributed by atoms with E-state index in [2.05, 4.69) is 10.3 Å². The molecule has 2 heterocycles. The maximum absolute atomic E-state index is 12.2. The van der Waals surface area contributed by atoms with Gasteiger partial charge in [-0.15, -0.1) is 0 Å². The quantitative estimate of drug-likeness (QED) is 0.635. The second kappa shape index (κ2) is 4.91. The second-order valence-corrected chi connectivity index (χ2v) is 4.59. The van der Waals surface area contributed by atoms with Crippen LogP contribution in [0.3, 0.4) is 0 Å². The maximum atomic E-state index is 12.2. The first kappa shape index (κ1) is 12.8. The van der Waals surface area contributed by atoms with Crippen LogP contribution in [0.4, 0.5) is 0 Å². The number of aromatic amines is 1. The summed E-state index contributed by atoms with van der Waals surface area (Å²) in [5.41, 5.74) is 0.413. The number of β-amino-alcohol motifs (C(OH)–C–C–N with tert-alkyl or cyclic N) is 1. The van der Waals surface area contributed by atoms with Gasteiger partial charge >= 0.3 is 0 Å². The largest absolute Gasteiger partial charge is 0.390 e. The van der Waals surface area contributed by atoms with Gasteiger partial charge in [-0.1, -0.05) is 0 Å². The van der Waals surface area contributed by atoms with Crippen LogP contribution in [0, 0.1) is 6.92 Å². The van der Waals surface area contributed by atoms with Crippen molar-refractivity contribution in [3.05, 3.63) is 33.7 Å². The zero-order valence-corrected chi connectivity index (χ0v) is 10.4. The van der Waals surface area contributed by atoms with Crippen molar-refractivity contribution in [2.45, 2.75) is 19.1 Å². The Bertz CT molecular complexity index is 512.